The molecular formula is C14H24Cl2N4O3S. The second-order valence-electron chi connectivity index (χ2n) is 5.42. The summed E-state index contributed by atoms with van der Waals surface area (Å²) in [6, 6.07) is 3.31. The molecule has 1 aliphatic heterocycles. The summed E-state index contributed by atoms with van der Waals surface area (Å²) >= 11 is 0. The van der Waals surface area contributed by atoms with Crippen LogP contribution < -0.4 is 5.32 Å². The molecule has 1 atom stereocenters. The van der Waals surface area contributed by atoms with E-state index in [9.17, 15) is 13.2 Å². The predicted octanol–water partition coefficient (Wildman–Crippen LogP) is 0.756. The van der Waals surface area contributed by atoms with E-state index in [0.717, 1.165) is 17.1 Å². The first-order valence-corrected chi connectivity index (χ1v) is 8.70. The number of amides is 1. The van der Waals surface area contributed by atoms with Crippen LogP contribution >= 0.6 is 24.8 Å². The van der Waals surface area contributed by atoms with Gasteiger partial charge in [-0.15, -0.1) is 24.8 Å². The number of nitrogens with zero attached hydrogens (tertiary/aromatic N) is 3. The lowest BCUT2D eigenvalue weighted by Crippen LogP contribution is -2.50. The van der Waals surface area contributed by atoms with Gasteiger partial charge in [-0.3, -0.25) is 9.78 Å². The van der Waals surface area contributed by atoms with Gasteiger partial charge >= 0.3 is 0 Å². The van der Waals surface area contributed by atoms with Gasteiger partial charge in [0.05, 0.1) is 6.54 Å². The molecule has 1 aliphatic rings. The molecule has 0 radical (unpaired) electrons. The van der Waals surface area contributed by atoms with E-state index in [1.807, 2.05) is 7.05 Å². The van der Waals surface area contributed by atoms with E-state index in [-0.39, 0.29) is 48.2 Å². The predicted molar refractivity (Wildman–Crippen MR) is 97.2 cm³/mol. The number of hydrogen-bond acceptors (Lipinski definition) is 5. The van der Waals surface area contributed by atoms with Crippen LogP contribution in [-0.2, 0) is 14.8 Å². The van der Waals surface area contributed by atoms with Crippen molar-refractivity contribution in [3.63, 3.8) is 0 Å². The van der Waals surface area contributed by atoms with Crippen molar-refractivity contribution in [1.29, 1.82) is 0 Å². The van der Waals surface area contributed by atoms with Gasteiger partial charge in [0.1, 0.15) is 4.90 Å². The number of aromatic nitrogens is 1. The lowest BCUT2D eigenvalue weighted by atomic mass is 10.1. The van der Waals surface area contributed by atoms with Gasteiger partial charge in [0.15, 0.2) is 0 Å². The zero-order valence-corrected chi connectivity index (χ0v) is 16.2. The number of hydrogen-bond donors (Lipinski definition) is 1. The van der Waals surface area contributed by atoms with Gasteiger partial charge in [-0.05, 0) is 32.0 Å². The minimum absolute atomic E-state index is 0. The smallest absolute Gasteiger partial charge is 0.244 e. The average Bonchev–Trinajstić information content (AvgIpc) is 2.55. The number of carbonyl (C=O) groups excluding carboxylic acids is 1. The second kappa shape index (κ2) is 10.1. The Balaban J connectivity index is 0.00000264. The fraction of sp³-hybridized carbons (Fsp3) is 0.571. The minimum Gasteiger partial charge on any atom is -0.340 e. The quantitative estimate of drug-likeness (QED) is 0.791. The third kappa shape index (κ3) is 5.56. The number of likely N-dealkylation sites (tertiary alicyclic amines) is 1. The highest BCUT2D eigenvalue weighted by Gasteiger charge is 2.27. The molecular weight excluding hydrogens is 375 g/mol. The number of halogens is 2. The highest BCUT2D eigenvalue weighted by Crippen LogP contribution is 2.14. The van der Waals surface area contributed by atoms with Crippen molar-refractivity contribution in [3.8, 4) is 0 Å². The number of pyridine rings is 1. The summed E-state index contributed by atoms with van der Waals surface area (Å²) < 4.78 is 25.8. The van der Waals surface area contributed by atoms with E-state index in [4.69, 9.17) is 0 Å². The van der Waals surface area contributed by atoms with E-state index in [1.165, 1.54) is 25.5 Å². The third-order valence-corrected chi connectivity index (χ3v) is 5.67. The Hall–Kier alpha value is -0.930. The first-order valence-electron chi connectivity index (χ1n) is 7.26. The molecule has 10 heteroatoms. The molecule has 138 valence electrons. The molecule has 0 aromatic carbocycles. The van der Waals surface area contributed by atoms with Crippen molar-refractivity contribution in [1.82, 2.24) is 19.5 Å². The number of sulfonamides is 1. The van der Waals surface area contributed by atoms with E-state index in [2.05, 4.69) is 10.3 Å². The maximum Gasteiger partial charge on any atom is 0.244 e. The van der Waals surface area contributed by atoms with Gasteiger partial charge in [-0.25, -0.2) is 8.42 Å². The van der Waals surface area contributed by atoms with E-state index in [1.54, 1.807) is 11.0 Å². The molecule has 7 nitrogen and oxygen atoms in total. The Morgan fingerprint density at radius 3 is 2.75 bits per heavy atom. The van der Waals surface area contributed by atoms with Gasteiger partial charge in [0, 0.05) is 38.6 Å². The summed E-state index contributed by atoms with van der Waals surface area (Å²) in [6.07, 6.45) is 4.75. The summed E-state index contributed by atoms with van der Waals surface area (Å²) in [7, 11) is -0.395. The van der Waals surface area contributed by atoms with Crippen molar-refractivity contribution in [2.75, 3.05) is 33.7 Å². The van der Waals surface area contributed by atoms with Crippen LogP contribution in [0.25, 0.3) is 0 Å². The van der Waals surface area contributed by atoms with Crippen molar-refractivity contribution in [2.45, 2.75) is 23.8 Å². The van der Waals surface area contributed by atoms with Crippen molar-refractivity contribution in [2.24, 2.45) is 0 Å². The highest BCUT2D eigenvalue weighted by molar-refractivity contribution is 7.89. The molecule has 1 amide bonds. The normalized spacial score (nSPS) is 17.8. The van der Waals surface area contributed by atoms with Crippen LogP contribution in [0, 0.1) is 0 Å². The summed E-state index contributed by atoms with van der Waals surface area (Å²) in [4.78, 5) is 18.0. The zero-order valence-electron chi connectivity index (χ0n) is 13.7. The van der Waals surface area contributed by atoms with Gasteiger partial charge in [0.25, 0.3) is 0 Å². The van der Waals surface area contributed by atoms with Crippen LogP contribution in [0.3, 0.4) is 0 Å². The van der Waals surface area contributed by atoms with Crippen LogP contribution in [0.2, 0.25) is 0 Å². The van der Waals surface area contributed by atoms with Crippen molar-refractivity contribution < 1.29 is 13.2 Å². The van der Waals surface area contributed by atoms with Crippen LogP contribution in [0.15, 0.2) is 29.4 Å². The first kappa shape index (κ1) is 23.1. The summed E-state index contributed by atoms with van der Waals surface area (Å²) in [5.74, 6) is -0.171. The van der Waals surface area contributed by atoms with Gasteiger partial charge < -0.3 is 10.2 Å². The zero-order chi connectivity index (χ0) is 16.2. The number of likely N-dealkylation sites (N-methyl/N-ethyl adjacent to an activating group) is 2. The molecule has 0 aliphatic carbocycles. The standard InChI is InChI=1S/C14H22N4O3S.2ClH/c1-15-12-5-4-8-18(10-12)14(19)11-17(2)22(20,21)13-6-3-7-16-9-13;;/h3,6-7,9,12,15H,4-5,8,10-11H2,1-2H3;2*1H. The molecule has 1 aromatic rings. The summed E-state index contributed by atoms with van der Waals surface area (Å²) in [5.41, 5.74) is 0. The van der Waals surface area contributed by atoms with E-state index < -0.39 is 10.0 Å². The Morgan fingerprint density at radius 2 is 2.17 bits per heavy atom. The Labute approximate surface area is 155 Å². The Bertz CT molecular complexity index is 616. The minimum atomic E-state index is -3.68. The average molecular weight is 399 g/mol. The maximum atomic E-state index is 12.4. The first-order chi connectivity index (χ1) is 10.4. The molecule has 1 N–H and O–H groups in total. The Kier molecular flexibility index (Phi) is 9.76. The Morgan fingerprint density at radius 1 is 1.46 bits per heavy atom. The number of carbonyl (C=O) groups is 1. The fourth-order valence-electron chi connectivity index (χ4n) is 2.49. The van der Waals surface area contributed by atoms with E-state index in [0.29, 0.717) is 13.1 Å². The second-order valence-corrected chi connectivity index (χ2v) is 7.46. The van der Waals surface area contributed by atoms with Crippen LogP contribution in [0.1, 0.15) is 12.8 Å². The molecule has 0 spiro atoms. The topological polar surface area (TPSA) is 82.6 Å². The summed E-state index contributed by atoms with van der Waals surface area (Å²) in [5, 5.41) is 3.16. The van der Waals surface area contributed by atoms with Crippen LogP contribution in [-0.4, -0.2) is 68.3 Å². The number of nitrogens with one attached hydrogen (secondary N) is 1. The molecule has 0 saturated carbocycles. The SMILES string of the molecule is CNC1CCCN(C(=O)CN(C)S(=O)(=O)c2cccnc2)C1.Cl.Cl. The van der Waals surface area contributed by atoms with Crippen molar-refractivity contribution >= 4 is 40.7 Å². The monoisotopic (exact) mass is 398 g/mol. The number of rotatable bonds is 5. The van der Waals surface area contributed by atoms with Gasteiger partial charge in [-0.2, -0.15) is 4.31 Å². The lowest BCUT2D eigenvalue weighted by molar-refractivity contribution is -0.132. The molecule has 1 fully saturated rings. The number of piperidine rings is 1. The van der Waals surface area contributed by atoms with Crippen LogP contribution in [0.5, 0.6) is 0 Å². The lowest BCUT2D eigenvalue weighted by Gasteiger charge is -2.33. The molecule has 1 aromatic heterocycles. The van der Waals surface area contributed by atoms with Gasteiger partial charge in [0.2, 0.25) is 15.9 Å². The highest BCUT2D eigenvalue weighted by atomic mass is 35.5. The maximum absolute atomic E-state index is 12.4. The third-order valence-electron chi connectivity index (χ3n) is 3.88. The molecule has 2 heterocycles. The van der Waals surface area contributed by atoms with Crippen molar-refractivity contribution in [3.05, 3.63) is 24.5 Å². The molecule has 2 rings (SSSR count). The molecule has 1 saturated heterocycles. The summed E-state index contributed by atoms with van der Waals surface area (Å²) in [6.45, 7) is 1.14. The van der Waals surface area contributed by atoms with E-state index >= 15 is 0 Å². The largest absolute Gasteiger partial charge is 0.340 e. The molecule has 24 heavy (non-hydrogen) atoms. The van der Waals surface area contributed by atoms with Gasteiger partial charge in [-0.1, -0.05) is 0 Å². The molecule has 1 unspecified atom stereocenters. The molecule has 0 bridgehead atoms. The fourth-order valence-corrected chi connectivity index (χ4v) is 3.58. The van der Waals surface area contributed by atoms with Crippen LogP contribution in [0.4, 0.5) is 0 Å².